The number of carboxylic acid groups (broad SMARTS) is 1. The van der Waals surface area contributed by atoms with Gasteiger partial charge in [-0.15, -0.1) is 0 Å². The largest absolute Gasteiger partial charge is 0.480 e. The normalized spacial score (nSPS) is 12.2. The van der Waals surface area contributed by atoms with E-state index in [9.17, 15) is 9.59 Å². The van der Waals surface area contributed by atoms with Crippen molar-refractivity contribution in [3.8, 4) is 11.3 Å². The van der Waals surface area contributed by atoms with Crippen molar-refractivity contribution in [1.29, 1.82) is 0 Å². The first-order valence-corrected chi connectivity index (χ1v) is 8.46. The molecule has 8 heteroatoms. The van der Waals surface area contributed by atoms with Gasteiger partial charge in [0.15, 0.2) is 11.7 Å². The monoisotopic (exact) mass is 384 g/mol. The third-order valence-corrected chi connectivity index (χ3v) is 4.11. The van der Waals surface area contributed by atoms with Gasteiger partial charge in [-0.2, -0.15) is 0 Å². The minimum absolute atomic E-state index is 0.0742. The van der Waals surface area contributed by atoms with Gasteiger partial charge in [0, 0.05) is 23.4 Å². The fraction of sp³-hybridized carbons (Fsp3) is 0.353. The van der Waals surface area contributed by atoms with E-state index in [-0.39, 0.29) is 24.7 Å². The molecule has 134 valence electrons. The lowest BCUT2D eigenvalue weighted by Crippen LogP contribution is -2.44. The summed E-state index contributed by atoms with van der Waals surface area (Å²) in [5.74, 6) is -0.790. The maximum Gasteiger partial charge on any atom is 0.326 e. The number of halogens is 2. The Morgan fingerprint density at radius 1 is 1.32 bits per heavy atom. The maximum atomic E-state index is 11.9. The van der Waals surface area contributed by atoms with Gasteiger partial charge in [-0.1, -0.05) is 37.0 Å². The number of rotatable bonds is 7. The lowest BCUT2D eigenvalue weighted by atomic mass is 10.0. The van der Waals surface area contributed by atoms with E-state index in [0.717, 1.165) is 0 Å². The van der Waals surface area contributed by atoms with Crippen LogP contribution in [0, 0.1) is 5.92 Å². The number of carboxylic acids is 1. The van der Waals surface area contributed by atoms with Crippen molar-refractivity contribution in [3.63, 3.8) is 0 Å². The molecule has 1 unspecified atom stereocenters. The van der Waals surface area contributed by atoms with Crippen LogP contribution in [0.2, 0.25) is 10.0 Å². The summed E-state index contributed by atoms with van der Waals surface area (Å²) in [7, 11) is 0. The molecule has 0 saturated carbocycles. The molecular weight excluding hydrogens is 367 g/mol. The SMILES string of the molecule is CC(C)C(NC(=O)CCc1ncc(-c2ccc(Cl)cc2Cl)o1)C(=O)O. The summed E-state index contributed by atoms with van der Waals surface area (Å²) >= 11 is 12.0. The van der Waals surface area contributed by atoms with Crippen LogP contribution in [0.1, 0.15) is 26.2 Å². The first-order chi connectivity index (χ1) is 11.8. The van der Waals surface area contributed by atoms with Crippen molar-refractivity contribution in [2.45, 2.75) is 32.7 Å². The molecule has 1 aromatic carbocycles. The van der Waals surface area contributed by atoms with Crippen molar-refractivity contribution in [3.05, 3.63) is 40.3 Å². The van der Waals surface area contributed by atoms with Crippen LogP contribution in [0.5, 0.6) is 0 Å². The fourth-order valence-electron chi connectivity index (χ4n) is 2.22. The molecule has 2 aromatic rings. The highest BCUT2D eigenvalue weighted by molar-refractivity contribution is 6.36. The van der Waals surface area contributed by atoms with Gasteiger partial charge >= 0.3 is 5.97 Å². The first-order valence-electron chi connectivity index (χ1n) is 7.70. The summed E-state index contributed by atoms with van der Waals surface area (Å²) in [4.78, 5) is 27.1. The molecule has 0 aliphatic rings. The van der Waals surface area contributed by atoms with Gasteiger partial charge in [0.2, 0.25) is 5.91 Å². The lowest BCUT2D eigenvalue weighted by Gasteiger charge is -2.17. The Labute approximate surface area is 155 Å². The zero-order chi connectivity index (χ0) is 18.6. The number of hydrogen-bond acceptors (Lipinski definition) is 4. The molecule has 0 saturated heterocycles. The zero-order valence-corrected chi connectivity index (χ0v) is 15.3. The van der Waals surface area contributed by atoms with E-state index in [1.165, 1.54) is 6.20 Å². The number of aryl methyl sites for hydroxylation is 1. The Balaban J connectivity index is 1.97. The maximum absolute atomic E-state index is 11.9. The van der Waals surface area contributed by atoms with Gasteiger partial charge in [-0.25, -0.2) is 9.78 Å². The number of carbonyl (C=O) groups excluding carboxylic acids is 1. The molecule has 0 spiro atoms. The lowest BCUT2D eigenvalue weighted by molar-refractivity contribution is -0.143. The summed E-state index contributed by atoms with van der Waals surface area (Å²) in [6, 6.07) is 4.10. The molecule has 2 rings (SSSR count). The third kappa shape index (κ3) is 5.21. The Hall–Kier alpha value is -2.05. The molecule has 1 heterocycles. The van der Waals surface area contributed by atoms with Crippen molar-refractivity contribution in [1.82, 2.24) is 10.3 Å². The molecule has 1 atom stereocenters. The number of benzene rings is 1. The Morgan fingerprint density at radius 3 is 2.64 bits per heavy atom. The van der Waals surface area contributed by atoms with E-state index >= 15 is 0 Å². The van der Waals surface area contributed by atoms with Gasteiger partial charge in [-0.3, -0.25) is 4.79 Å². The van der Waals surface area contributed by atoms with Crippen LogP contribution in [-0.2, 0) is 16.0 Å². The minimum Gasteiger partial charge on any atom is -0.480 e. The summed E-state index contributed by atoms with van der Waals surface area (Å²) in [5, 5.41) is 12.5. The fourth-order valence-corrected chi connectivity index (χ4v) is 2.72. The number of oxazole rings is 1. The predicted molar refractivity (Wildman–Crippen MR) is 94.7 cm³/mol. The highest BCUT2D eigenvalue weighted by atomic mass is 35.5. The van der Waals surface area contributed by atoms with Gasteiger partial charge in [0.1, 0.15) is 6.04 Å². The second kappa shape index (κ2) is 8.36. The molecule has 0 aliphatic carbocycles. The number of nitrogens with zero attached hydrogens (tertiary/aromatic N) is 1. The summed E-state index contributed by atoms with van der Waals surface area (Å²) < 4.78 is 5.61. The molecule has 1 amide bonds. The van der Waals surface area contributed by atoms with Crippen LogP contribution in [0.15, 0.2) is 28.8 Å². The van der Waals surface area contributed by atoms with E-state index < -0.39 is 12.0 Å². The molecule has 0 aliphatic heterocycles. The van der Waals surface area contributed by atoms with E-state index in [0.29, 0.717) is 27.3 Å². The molecule has 0 radical (unpaired) electrons. The average Bonchev–Trinajstić information content (AvgIpc) is 2.98. The van der Waals surface area contributed by atoms with E-state index in [1.807, 2.05) is 0 Å². The first kappa shape index (κ1) is 19.3. The van der Waals surface area contributed by atoms with E-state index in [4.69, 9.17) is 32.7 Å². The van der Waals surface area contributed by atoms with Crippen molar-refractivity contribution in [2.75, 3.05) is 0 Å². The average molecular weight is 385 g/mol. The van der Waals surface area contributed by atoms with Gasteiger partial charge < -0.3 is 14.8 Å². The van der Waals surface area contributed by atoms with Crippen molar-refractivity contribution in [2.24, 2.45) is 5.92 Å². The quantitative estimate of drug-likeness (QED) is 0.756. The van der Waals surface area contributed by atoms with Crippen LogP contribution < -0.4 is 5.32 Å². The topological polar surface area (TPSA) is 92.4 Å². The minimum atomic E-state index is -1.06. The molecule has 6 nitrogen and oxygen atoms in total. The second-order valence-electron chi connectivity index (χ2n) is 5.87. The number of aliphatic carboxylic acids is 1. The van der Waals surface area contributed by atoms with Crippen LogP contribution in [0.25, 0.3) is 11.3 Å². The number of nitrogens with one attached hydrogen (secondary N) is 1. The summed E-state index contributed by atoms with van der Waals surface area (Å²) in [5.41, 5.74) is 0.653. The highest BCUT2D eigenvalue weighted by Gasteiger charge is 2.23. The molecule has 2 N–H and O–H groups in total. The number of aromatic nitrogens is 1. The highest BCUT2D eigenvalue weighted by Crippen LogP contribution is 2.30. The number of amides is 1. The number of hydrogen-bond donors (Lipinski definition) is 2. The molecule has 0 fully saturated rings. The third-order valence-electron chi connectivity index (χ3n) is 3.57. The van der Waals surface area contributed by atoms with E-state index in [1.54, 1.807) is 32.0 Å². The molecular formula is C17H18Cl2N2O4. The molecule has 1 aromatic heterocycles. The van der Waals surface area contributed by atoms with Gasteiger partial charge in [0.25, 0.3) is 0 Å². The van der Waals surface area contributed by atoms with Crippen molar-refractivity contribution < 1.29 is 19.1 Å². The van der Waals surface area contributed by atoms with E-state index in [2.05, 4.69) is 10.3 Å². The smallest absolute Gasteiger partial charge is 0.326 e. The summed E-state index contributed by atoms with van der Waals surface area (Å²) in [6.07, 6.45) is 1.85. The second-order valence-corrected chi connectivity index (χ2v) is 6.71. The zero-order valence-electron chi connectivity index (χ0n) is 13.8. The molecule has 25 heavy (non-hydrogen) atoms. The van der Waals surface area contributed by atoms with Crippen LogP contribution in [0.4, 0.5) is 0 Å². The van der Waals surface area contributed by atoms with Crippen LogP contribution in [0.3, 0.4) is 0 Å². The Bertz CT molecular complexity index is 774. The van der Waals surface area contributed by atoms with Gasteiger partial charge in [-0.05, 0) is 24.1 Å². The van der Waals surface area contributed by atoms with Crippen molar-refractivity contribution >= 4 is 35.1 Å². The molecule has 0 bridgehead atoms. The predicted octanol–water partition coefficient (Wildman–Crippen LogP) is 3.81. The Morgan fingerprint density at radius 2 is 2.04 bits per heavy atom. The van der Waals surface area contributed by atoms with Crippen LogP contribution >= 0.6 is 23.2 Å². The Kier molecular flexibility index (Phi) is 6.45. The number of carbonyl (C=O) groups is 2. The van der Waals surface area contributed by atoms with Gasteiger partial charge in [0.05, 0.1) is 11.2 Å². The summed E-state index contributed by atoms with van der Waals surface area (Å²) in [6.45, 7) is 3.46. The standard InChI is InChI=1S/C17H18Cl2N2O4/c1-9(2)16(17(23)24)21-14(22)5-6-15-20-8-13(25-15)11-4-3-10(18)7-12(11)19/h3-4,7-9,16H,5-6H2,1-2H3,(H,21,22)(H,23,24). The van der Waals surface area contributed by atoms with Crippen LogP contribution in [-0.4, -0.2) is 28.0 Å².